The Kier molecular flexibility index (Phi) is 4.51. The smallest absolute Gasteiger partial charge is 0.254 e. The molecule has 0 spiro atoms. The summed E-state index contributed by atoms with van der Waals surface area (Å²) >= 11 is 6.04. The predicted molar refractivity (Wildman–Crippen MR) is 80.2 cm³/mol. The number of carbonyl (C=O) groups excluding carboxylic acids is 1. The highest BCUT2D eigenvalue weighted by Gasteiger charge is 2.13. The van der Waals surface area contributed by atoms with Crippen molar-refractivity contribution in [3.63, 3.8) is 0 Å². The van der Waals surface area contributed by atoms with Crippen molar-refractivity contribution in [3.05, 3.63) is 52.4 Å². The standard InChI is InChI=1S/C15H14ClN3O2/c1-19(2)15(20)13-7-10(3-6-14(13)16)18-9-12-5-4-11(8-17)21-12/h3-7,18H,9H2,1-2H3. The third kappa shape index (κ3) is 3.56. The molecule has 108 valence electrons. The molecule has 5 nitrogen and oxygen atoms in total. The van der Waals surface area contributed by atoms with Crippen LogP contribution in [0.5, 0.6) is 0 Å². The summed E-state index contributed by atoms with van der Waals surface area (Å²) < 4.78 is 5.27. The molecule has 1 aromatic carbocycles. The van der Waals surface area contributed by atoms with Crippen LogP contribution in [0.25, 0.3) is 0 Å². The summed E-state index contributed by atoms with van der Waals surface area (Å²) in [5, 5.41) is 12.2. The van der Waals surface area contributed by atoms with E-state index in [0.29, 0.717) is 22.9 Å². The zero-order valence-corrected chi connectivity index (χ0v) is 12.4. The zero-order valence-electron chi connectivity index (χ0n) is 11.7. The second-order valence-corrected chi connectivity index (χ2v) is 5.03. The molecule has 0 aliphatic heterocycles. The van der Waals surface area contributed by atoms with E-state index in [9.17, 15) is 4.79 Å². The Morgan fingerprint density at radius 3 is 2.76 bits per heavy atom. The summed E-state index contributed by atoms with van der Waals surface area (Å²) in [6.07, 6.45) is 0. The normalized spacial score (nSPS) is 10.0. The topological polar surface area (TPSA) is 69.3 Å². The van der Waals surface area contributed by atoms with Crippen LogP contribution in [0.2, 0.25) is 5.02 Å². The minimum atomic E-state index is -0.159. The lowest BCUT2D eigenvalue weighted by Crippen LogP contribution is -2.22. The lowest BCUT2D eigenvalue weighted by Gasteiger charge is -2.13. The zero-order chi connectivity index (χ0) is 15.4. The first-order chi connectivity index (χ1) is 10.0. The van der Waals surface area contributed by atoms with Crippen LogP contribution in [0.3, 0.4) is 0 Å². The number of hydrogen-bond acceptors (Lipinski definition) is 4. The van der Waals surface area contributed by atoms with Gasteiger partial charge in [0, 0.05) is 19.8 Å². The highest BCUT2D eigenvalue weighted by atomic mass is 35.5. The fraction of sp³-hybridized carbons (Fsp3) is 0.200. The Bertz CT molecular complexity index is 701. The Hall–Kier alpha value is -2.45. The number of carbonyl (C=O) groups is 1. The molecular formula is C15H14ClN3O2. The maximum atomic E-state index is 12.0. The van der Waals surface area contributed by atoms with Crippen molar-refractivity contribution in [1.82, 2.24) is 4.90 Å². The third-order valence-corrected chi connectivity index (χ3v) is 3.17. The summed E-state index contributed by atoms with van der Waals surface area (Å²) in [5.74, 6) is 0.752. The molecular weight excluding hydrogens is 290 g/mol. The lowest BCUT2D eigenvalue weighted by atomic mass is 10.1. The average Bonchev–Trinajstić information content (AvgIpc) is 2.93. The number of furan rings is 1. The summed E-state index contributed by atoms with van der Waals surface area (Å²) in [7, 11) is 3.34. The van der Waals surface area contributed by atoms with Crippen molar-refractivity contribution in [1.29, 1.82) is 5.26 Å². The molecule has 0 aliphatic carbocycles. The van der Waals surface area contributed by atoms with E-state index in [1.54, 1.807) is 44.4 Å². The first kappa shape index (κ1) is 14.9. The van der Waals surface area contributed by atoms with Crippen LogP contribution in [0.15, 0.2) is 34.7 Å². The second kappa shape index (κ2) is 6.33. The maximum Gasteiger partial charge on any atom is 0.254 e. The van der Waals surface area contributed by atoms with Gasteiger partial charge in [-0.1, -0.05) is 11.6 Å². The van der Waals surface area contributed by atoms with Gasteiger partial charge in [0.2, 0.25) is 5.76 Å². The fourth-order valence-electron chi connectivity index (χ4n) is 1.76. The van der Waals surface area contributed by atoms with Gasteiger partial charge in [0.25, 0.3) is 5.91 Å². The van der Waals surface area contributed by atoms with E-state index in [1.807, 2.05) is 6.07 Å². The lowest BCUT2D eigenvalue weighted by molar-refractivity contribution is 0.0828. The van der Waals surface area contributed by atoms with E-state index in [0.717, 1.165) is 5.69 Å². The molecule has 0 saturated heterocycles. The fourth-order valence-corrected chi connectivity index (χ4v) is 1.96. The Morgan fingerprint density at radius 2 is 2.14 bits per heavy atom. The predicted octanol–water partition coefficient (Wildman–Crippen LogP) is 3.12. The molecule has 0 radical (unpaired) electrons. The average molecular weight is 304 g/mol. The van der Waals surface area contributed by atoms with E-state index in [2.05, 4.69) is 5.32 Å². The molecule has 1 heterocycles. The van der Waals surface area contributed by atoms with E-state index >= 15 is 0 Å². The van der Waals surface area contributed by atoms with Gasteiger partial charge in [0.05, 0.1) is 17.1 Å². The van der Waals surface area contributed by atoms with Gasteiger partial charge in [-0.2, -0.15) is 5.26 Å². The molecule has 1 aromatic heterocycles. The van der Waals surface area contributed by atoms with Gasteiger partial charge in [-0.15, -0.1) is 0 Å². The van der Waals surface area contributed by atoms with Crippen molar-refractivity contribution in [2.75, 3.05) is 19.4 Å². The van der Waals surface area contributed by atoms with Gasteiger partial charge < -0.3 is 14.6 Å². The molecule has 2 rings (SSSR count). The quantitative estimate of drug-likeness (QED) is 0.942. The number of nitrogens with one attached hydrogen (secondary N) is 1. The Morgan fingerprint density at radius 1 is 1.38 bits per heavy atom. The van der Waals surface area contributed by atoms with Crippen molar-refractivity contribution in [3.8, 4) is 6.07 Å². The number of anilines is 1. The van der Waals surface area contributed by atoms with Gasteiger partial charge in [-0.05, 0) is 30.3 Å². The van der Waals surface area contributed by atoms with E-state index in [4.69, 9.17) is 21.3 Å². The molecule has 0 unspecified atom stereocenters. The van der Waals surface area contributed by atoms with Gasteiger partial charge >= 0.3 is 0 Å². The van der Waals surface area contributed by atoms with Crippen molar-refractivity contribution >= 4 is 23.2 Å². The molecule has 0 saturated carbocycles. The SMILES string of the molecule is CN(C)C(=O)c1cc(NCc2ccc(C#N)o2)ccc1Cl. The highest BCUT2D eigenvalue weighted by Crippen LogP contribution is 2.22. The first-order valence-corrected chi connectivity index (χ1v) is 6.63. The minimum absolute atomic E-state index is 0.159. The molecule has 2 aromatic rings. The summed E-state index contributed by atoms with van der Waals surface area (Å²) in [6.45, 7) is 0.416. The summed E-state index contributed by atoms with van der Waals surface area (Å²) in [6, 6.07) is 10.4. The van der Waals surface area contributed by atoms with Crippen LogP contribution < -0.4 is 5.32 Å². The molecule has 6 heteroatoms. The van der Waals surface area contributed by atoms with Crippen LogP contribution in [-0.2, 0) is 6.54 Å². The van der Waals surface area contributed by atoms with Crippen molar-refractivity contribution < 1.29 is 9.21 Å². The van der Waals surface area contributed by atoms with Crippen molar-refractivity contribution in [2.24, 2.45) is 0 Å². The van der Waals surface area contributed by atoms with Gasteiger partial charge in [0.15, 0.2) is 0 Å². The van der Waals surface area contributed by atoms with Crippen LogP contribution in [0, 0.1) is 11.3 Å². The number of amides is 1. The summed E-state index contributed by atoms with van der Waals surface area (Å²) in [5.41, 5.74) is 1.18. The number of halogens is 1. The minimum Gasteiger partial charge on any atom is -0.449 e. The first-order valence-electron chi connectivity index (χ1n) is 6.25. The van der Waals surface area contributed by atoms with Gasteiger partial charge in [-0.3, -0.25) is 4.79 Å². The van der Waals surface area contributed by atoms with E-state index < -0.39 is 0 Å². The largest absolute Gasteiger partial charge is 0.449 e. The van der Waals surface area contributed by atoms with Crippen LogP contribution in [0.1, 0.15) is 21.9 Å². The van der Waals surface area contributed by atoms with Crippen LogP contribution in [0.4, 0.5) is 5.69 Å². The van der Waals surface area contributed by atoms with E-state index in [-0.39, 0.29) is 11.7 Å². The number of rotatable bonds is 4. The highest BCUT2D eigenvalue weighted by molar-refractivity contribution is 6.34. The molecule has 21 heavy (non-hydrogen) atoms. The number of nitrogens with zero attached hydrogens (tertiary/aromatic N) is 2. The Labute approximate surface area is 127 Å². The Balaban J connectivity index is 2.12. The molecule has 1 N–H and O–H groups in total. The van der Waals surface area contributed by atoms with Crippen LogP contribution >= 0.6 is 11.6 Å². The molecule has 0 aliphatic rings. The van der Waals surface area contributed by atoms with Gasteiger partial charge in [0.1, 0.15) is 11.8 Å². The molecule has 1 amide bonds. The number of benzene rings is 1. The molecule has 0 atom stereocenters. The maximum absolute atomic E-state index is 12.0. The molecule has 0 fully saturated rings. The molecule has 0 bridgehead atoms. The number of hydrogen-bond donors (Lipinski definition) is 1. The third-order valence-electron chi connectivity index (χ3n) is 2.84. The second-order valence-electron chi connectivity index (χ2n) is 4.63. The monoisotopic (exact) mass is 303 g/mol. The summed E-state index contributed by atoms with van der Waals surface area (Å²) in [4.78, 5) is 13.5. The van der Waals surface area contributed by atoms with Crippen molar-refractivity contribution in [2.45, 2.75) is 6.54 Å². The van der Waals surface area contributed by atoms with Crippen LogP contribution in [-0.4, -0.2) is 24.9 Å². The van der Waals surface area contributed by atoms with Gasteiger partial charge in [-0.25, -0.2) is 0 Å². The number of nitriles is 1. The van der Waals surface area contributed by atoms with E-state index in [1.165, 1.54) is 4.90 Å².